The Labute approximate surface area is 188 Å². The van der Waals surface area contributed by atoms with Gasteiger partial charge in [0.2, 0.25) is 0 Å². The van der Waals surface area contributed by atoms with Crippen LogP contribution in [0, 0.1) is 0 Å². The fourth-order valence-electron chi connectivity index (χ4n) is 3.47. The highest BCUT2D eigenvalue weighted by molar-refractivity contribution is 5.95. The fraction of sp³-hybridized carbons (Fsp3) is 0.417. The van der Waals surface area contributed by atoms with E-state index in [4.69, 9.17) is 14.2 Å². The van der Waals surface area contributed by atoms with Gasteiger partial charge >= 0.3 is 0 Å². The van der Waals surface area contributed by atoms with Gasteiger partial charge in [-0.2, -0.15) is 0 Å². The molecule has 0 radical (unpaired) electrons. The highest BCUT2D eigenvalue weighted by atomic mass is 16.5. The van der Waals surface area contributed by atoms with Gasteiger partial charge in [-0.3, -0.25) is 14.5 Å². The summed E-state index contributed by atoms with van der Waals surface area (Å²) in [6, 6.07) is 12.3. The predicted molar refractivity (Wildman–Crippen MR) is 121 cm³/mol. The Morgan fingerprint density at radius 1 is 0.906 bits per heavy atom. The SMILES string of the molecule is COc1ccc(C(=O)NCc2ccc(C(=O)NCCCN3CCOCC3)cc2)cc1OC. The van der Waals surface area contributed by atoms with E-state index in [0.717, 1.165) is 44.8 Å². The number of hydrogen-bond acceptors (Lipinski definition) is 6. The predicted octanol–water partition coefficient (Wildman–Crippen LogP) is 2.09. The Kier molecular flexibility index (Phi) is 8.89. The highest BCUT2D eigenvalue weighted by Gasteiger charge is 2.12. The second-order valence-corrected chi connectivity index (χ2v) is 7.51. The van der Waals surface area contributed by atoms with Crippen molar-refractivity contribution >= 4 is 11.8 Å². The summed E-state index contributed by atoms with van der Waals surface area (Å²) in [4.78, 5) is 27.1. The lowest BCUT2D eigenvalue weighted by atomic mass is 10.1. The zero-order chi connectivity index (χ0) is 22.8. The van der Waals surface area contributed by atoms with Crippen LogP contribution in [0.3, 0.4) is 0 Å². The first-order valence-corrected chi connectivity index (χ1v) is 10.8. The largest absolute Gasteiger partial charge is 0.493 e. The molecule has 8 nitrogen and oxygen atoms in total. The van der Waals surface area contributed by atoms with Crippen molar-refractivity contribution in [2.75, 3.05) is 53.6 Å². The van der Waals surface area contributed by atoms with Crippen molar-refractivity contribution < 1.29 is 23.8 Å². The molecule has 0 unspecified atom stereocenters. The minimum absolute atomic E-state index is 0.0899. The number of morpholine rings is 1. The molecule has 0 spiro atoms. The summed E-state index contributed by atoms with van der Waals surface area (Å²) < 4.78 is 15.8. The zero-order valence-electron chi connectivity index (χ0n) is 18.7. The van der Waals surface area contributed by atoms with E-state index in [9.17, 15) is 9.59 Å². The molecule has 0 atom stereocenters. The summed E-state index contributed by atoms with van der Waals surface area (Å²) in [5.74, 6) is 0.764. The summed E-state index contributed by atoms with van der Waals surface area (Å²) in [6.07, 6.45) is 0.909. The van der Waals surface area contributed by atoms with Gasteiger partial charge in [0, 0.05) is 37.3 Å². The number of carbonyl (C=O) groups excluding carboxylic acids is 2. The van der Waals surface area contributed by atoms with Crippen LogP contribution in [-0.4, -0.2) is 70.3 Å². The maximum Gasteiger partial charge on any atom is 0.251 e. The molecule has 2 aromatic rings. The Bertz CT molecular complexity index is 895. The highest BCUT2D eigenvalue weighted by Crippen LogP contribution is 2.27. The van der Waals surface area contributed by atoms with Gasteiger partial charge in [0.15, 0.2) is 11.5 Å². The maximum absolute atomic E-state index is 12.4. The number of amides is 2. The topological polar surface area (TPSA) is 89.1 Å². The van der Waals surface area contributed by atoms with Gasteiger partial charge in [0.1, 0.15) is 0 Å². The monoisotopic (exact) mass is 441 g/mol. The Morgan fingerprint density at radius 3 is 2.25 bits per heavy atom. The average molecular weight is 442 g/mol. The summed E-state index contributed by atoms with van der Waals surface area (Å²) in [5.41, 5.74) is 1.99. The Morgan fingerprint density at radius 2 is 1.56 bits per heavy atom. The van der Waals surface area contributed by atoms with Crippen molar-refractivity contribution in [1.29, 1.82) is 0 Å². The van der Waals surface area contributed by atoms with Crippen LogP contribution >= 0.6 is 0 Å². The molecular weight excluding hydrogens is 410 g/mol. The Hall–Kier alpha value is -3.10. The van der Waals surface area contributed by atoms with Gasteiger partial charge in [0.05, 0.1) is 27.4 Å². The number of rotatable bonds is 10. The fourth-order valence-corrected chi connectivity index (χ4v) is 3.47. The van der Waals surface area contributed by atoms with E-state index in [-0.39, 0.29) is 11.8 Å². The van der Waals surface area contributed by atoms with Crippen LogP contribution in [0.1, 0.15) is 32.7 Å². The van der Waals surface area contributed by atoms with Crippen molar-refractivity contribution in [3.05, 3.63) is 59.2 Å². The van der Waals surface area contributed by atoms with Crippen LogP contribution in [0.15, 0.2) is 42.5 Å². The number of carbonyl (C=O) groups is 2. The first kappa shape index (κ1) is 23.6. The first-order valence-electron chi connectivity index (χ1n) is 10.8. The molecule has 1 aliphatic heterocycles. The van der Waals surface area contributed by atoms with Crippen molar-refractivity contribution in [2.24, 2.45) is 0 Å². The van der Waals surface area contributed by atoms with Gasteiger partial charge < -0.3 is 24.8 Å². The van der Waals surface area contributed by atoms with Crippen molar-refractivity contribution in [1.82, 2.24) is 15.5 Å². The third-order valence-electron chi connectivity index (χ3n) is 5.36. The molecular formula is C24H31N3O5. The van der Waals surface area contributed by atoms with Crippen molar-refractivity contribution in [3.63, 3.8) is 0 Å². The van der Waals surface area contributed by atoms with Gasteiger partial charge in [-0.25, -0.2) is 0 Å². The summed E-state index contributed by atoms with van der Waals surface area (Å²) in [6.45, 7) is 5.44. The van der Waals surface area contributed by atoms with Crippen LogP contribution in [0.4, 0.5) is 0 Å². The lowest BCUT2D eigenvalue weighted by Gasteiger charge is -2.26. The maximum atomic E-state index is 12.4. The number of ether oxygens (including phenoxy) is 3. The second kappa shape index (κ2) is 12.1. The van der Waals surface area contributed by atoms with E-state index in [1.54, 1.807) is 37.4 Å². The standard InChI is InChI=1S/C24H31N3O5/c1-30-21-9-8-20(16-22(21)31-2)24(29)26-17-18-4-6-19(7-5-18)23(28)25-10-3-11-27-12-14-32-15-13-27/h4-9,16H,3,10-15,17H2,1-2H3,(H,25,28)(H,26,29). The van der Waals surface area contributed by atoms with Gasteiger partial charge in [-0.05, 0) is 48.9 Å². The Balaban J connectivity index is 1.42. The number of methoxy groups -OCH3 is 2. The molecule has 0 aromatic heterocycles. The number of nitrogens with zero attached hydrogens (tertiary/aromatic N) is 1. The molecule has 2 amide bonds. The molecule has 8 heteroatoms. The van der Waals surface area contributed by atoms with Crippen molar-refractivity contribution in [2.45, 2.75) is 13.0 Å². The number of benzene rings is 2. The third kappa shape index (κ3) is 6.70. The first-order chi connectivity index (χ1) is 15.6. The molecule has 0 bridgehead atoms. The molecule has 2 N–H and O–H groups in total. The molecule has 1 saturated heterocycles. The molecule has 1 fully saturated rings. The average Bonchev–Trinajstić information content (AvgIpc) is 2.85. The van der Waals surface area contributed by atoms with Crippen LogP contribution < -0.4 is 20.1 Å². The molecule has 0 aliphatic carbocycles. The number of nitrogens with one attached hydrogen (secondary N) is 2. The van der Waals surface area contributed by atoms with Crippen LogP contribution in [0.5, 0.6) is 11.5 Å². The van der Waals surface area contributed by atoms with Crippen molar-refractivity contribution in [3.8, 4) is 11.5 Å². The van der Waals surface area contributed by atoms with Crippen LogP contribution in [-0.2, 0) is 11.3 Å². The van der Waals surface area contributed by atoms with E-state index in [0.29, 0.717) is 35.7 Å². The molecule has 2 aromatic carbocycles. The van der Waals surface area contributed by atoms with E-state index in [1.807, 2.05) is 12.1 Å². The lowest BCUT2D eigenvalue weighted by molar-refractivity contribution is 0.0374. The molecule has 172 valence electrons. The third-order valence-corrected chi connectivity index (χ3v) is 5.36. The number of hydrogen-bond donors (Lipinski definition) is 2. The van der Waals surface area contributed by atoms with E-state index >= 15 is 0 Å². The van der Waals surface area contributed by atoms with E-state index < -0.39 is 0 Å². The van der Waals surface area contributed by atoms with Gasteiger partial charge in [-0.15, -0.1) is 0 Å². The second-order valence-electron chi connectivity index (χ2n) is 7.51. The minimum atomic E-state index is -0.215. The van der Waals surface area contributed by atoms with E-state index in [1.165, 1.54) is 7.11 Å². The minimum Gasteiger partial charge on any atom is -0.493 e. The zero-order valence-corrected chi connectivity index (χ0v) is 18.7. The quantitative estimate of drug-likeness (QED) is 0.549. The van der Waals surface area contributed by atoms with Crippen LogP contribution in [0.25, 0.3) is 0 Å². The molecule has 0 saturated carbocycles. The lowest BCUT2D eigenvalue weighted by Crippen LogP contribution is -2.38. The van der Waals surface area contributed by atoms with E-state index in [2.05, 4.69) is 15.5 Å². The smallest absolute Gasteiger partial charge is 0.251 e. The summed E-state index contributed by atoms with van der Waals surface area (Å²) >= 11 is 0. The van der Waals surface area contributed by atoms with Gasteiger partial charge in [0.25, 0.3) is 11.8 Å². The molecule has 3 rings (SSSR count). The summed E-state index contributed by atoms with van der Waals surface area (Å²) in [5, 5.41) is 5.84. The van der Waals surface area contributed by atoms with Crippen LogP contribution in [0.2, 0.25) is 0 Å². The molecule has 1 aliphatic rings. The normalized spacial score (nSPS) is 13.9. The molecule has 32 heavy (non-hydrogen) atoms. The summed E-state index contributed by atoms with van der Waals surface area (Å²) in [7, 11) is 3.08. The molecule has 1 heterocycles. The van der Waals surface area contributed by atoms with Gasteiger partial charge in [-0.1, -0.05) is 12.1 Å².